The Bertz CT molecular complexity index is 230. The number of halogens is 1. The molecule has 0 aliphatic heterocycles. The van der Waals surface area contributed by atoms with Crippen LogP contribution in [0.3, 0.4) is 0 Å². The van der Waals surface area contributed by atoms with Gasteiger partial charge in [-0.15, -0.1) is 0 Å². The molecule has 0 saturated heterocycles. The SMILES string of the molecule is O=CO[CH]c1ccc(I)cc1. The number of carbonyl (C=O) groups is 1. The normalized spacial score (nSPS) is 9.18. The van der Waals surface area contributed by atoms with Crippen LogP contribution in [0.4, 0.5) is 0 Å². The molecule has 0 aromatic heterocycles. The zero-order valence-electron chi connectivity index (χ0n) is 5.66. The number of rotatable bonds is 3. The Hall–Kier alpha value is -0.580. The van der Waals surface area contributed by atoms with Crippen LogP contribution in [0.15, 0.2) is 24.3 Å². The number of benzene rings is 1. The summed E-state index contributed by atoms with van der Waals surface area (Å²) >= 11 is 2.21. The van der Waals surface area contributed by atoms with Gasteiger partial charge < -0.3 is 4.74 Å². The van der Waals surface area contributed by atoms with Gasteiger partial charge in [-0.05, 0) is 40.3 Å². The van der Waals surface area contributed by atoms with Crippen LogP contribution in [-0.2, 0) is 9.53 Å². The quantitative estimate of drug-likeness (QED) is 0.614. The minimum atomic E-state index is 0.401. The Kier molecular flexibility index (Phi) is 3.35. The number of hydrogen-bond donors (Lipinski definition) is 0. The fourth-order valence-corrected chi connectivity index (χ4v) is 1.01. The Balaban J connectivity index is 2.58. The average molecular weight is 261 g/mol. The molecule has 0 heterocycles. The molecule has 3 heteroatoms. The highest BCUT2D eigenvalue weighted by Crippen LogP contribution is 2.08. The van der Waals surface area contributed by atoms with Crippen molar-refractivity contribution in [2.24, 2.45) is 0 Å². The van der Waals surface area contributed by atoms with E-state index in [0.717, 1.165) is 9.13 Å². The van der Waals surface area contributed by atoms with Crippen LogP contribution in [0.5, 0.6) is 0 Å². The minimum absolute atomic E-state index is 0.401. The molecule has 0 aliphatic rings. The van der Waals surface area contributed by atoms with Crippen molar-refractivity contribution in [3.63, 3.8) is 0 Å². The van der Waals surface area contributed by atoms with Crippen molar-refractivity contribution in [1.29, 1.82) is 0 Å². The van der Waals surface area contributed by atoms with E-state index >= 15 is 0 Å². The first kappa shape index (κ1) is 8.52. The lowest BCUT2D eigenvalue weighted by atomic mass is 10.2. The minimum Gasteiger partial charge on any atom is -0.455 e. The summed E-state index contributed by atoms with van der Waals surface area (Å²) in [6.07, 6.45) is 0. The third-order valence-electron chi connectivity index (χ3n) is 1.13. The summed E-state index contributed by atoms with van der Waals surface area (Å²) in [7, 11) is 0. The Morgan fingerprint density at radius 2 is 1.91 bits per heavy atom. The zero-order valence-corrected chi connectivity index (χ0v) is 7.82. The summed E-state index contributed by atoms with van der Waals surface area (Å²) in [6.45, 7) is 1.81. The van der Waals surface area contributed by atoms with Gasteiger partial charge >= 0.3 is 0 Å². The summed E-state index contributed by atoms with van der Waals surface area (Å²) in [4.78, 5) is 9.79. The molecular formula is C8H6IO2. The molecule has 1 rings (SSSR count). The highest BCUT2D eigenvalue weighted by atomic mass is 127. The largest absolute Gasteiger partial charge is 0.455 e. The van der Waals surface area contributed by atoms with Gasteiger partial charge in [-0.25, -0.2) is 0 Å². The van der Waals surface area contributed by atoms with Gasteiger partial charge in [-0.1, -0.05) is 12.1 Å². The van der Waals surface area contributed by atoms with E-state index in [9.17, 15) is 4.79 Å². The van der Waals surface area contributed by atoms with E-state index in [1.54, 1.807) is 0 Å². The molecule has 0 unspecified atom stereocenters. The number of carbonyl (C=O) groups excluding carboxylic acids is 1. The fraction of sp³-hybridized carbons (Fsp3) is 0. The lowest BCUT2D eigenvalue weighted by Crippen LogP contribution is -1.86. The van der Waals surface area contributed by atoms with Gasteiger partial charge in [0.05, 0.1) is 0 Å². The third kappa shape index (κ3) is 2.88. The molecule has 0 N–H and O–H groups in total. The lowest BCUT2D eigenvalue weighted by molar-refractivity contribution is -0.125. The van der Waals surface area contributed by atoms with E-state index in [1.165, 1.54) is 6.61 Å². The van der Waals surface area contributed by atoms with Gasteiger partial charge in [0.1, 0.15) is 0 Å². The summed E-state index contributed by atoms with van der Waals surface area (Å²) in [5.41, 5.74) is 0.887. The van der Waals surface area contributed by atoms with Crippen molar-refractivity contribution < 1.29 is 9.53 Å². The molecule has 0 amide bonds. The Morgan fingerprint density at radius 3 is 2.45 bits per heavy atom. The second-order valence-electron chi connectivity index (χ2n) is 1.90. The predicted octanol–water partition coefficient (Wildman–Crippen LogP) is 1.97. The van der Waals surface area contributed by atoms with Gasteiger partial charge in [-0.2, -0.15) is 0 Å². The van der Waals surface area contributed by atoms with Gasteiger partial charge in [0.15, 0.2) is 6.61 Å². The Morgan fingerprint density at radius 1 is 1.27 bits per heavy atom. The molecule has 0 saturated carbocycles. The maximum absolute atomic E-state index is 9.79. The monoisotopic (exact) mass is 261 g/mol. The van der Waals surface area contributed by atoms with E-state index in [0.29, 0.717) is 6.47 Å². The van der Waals surface area contributed by atoms with E-state index < -0.39 is 0 Å². The van der Waals surface area contributed by atoms with Crippen LogP contribution >= 0.6 is 22.6 Å². The first-order valence-electron chi connectivity index (χ1n) is 3.01. The van der Waals surface area contributed by atoms with Gasteiger partial charge in [-0.3, -0.25) is 4.79 Å². The molecule has 0 spiro atoms. The van der Waals surface area contributed by atoms with Crippen LogP contribution in [0, 0.1) is 10.2 Å². The van der Waals surface area contributed by atoms with Crippen molar-refractivity contribution in [2.75, 3.05) is 0 Å². The lowest BCUT2D eigenvalue weighted by Gasteiger charge is -1.96. The first-order valence-corrected chi connectivity index (χ1v) is 4.08. The van der Waals surface area contributed by atoms with Crippen LogP contribution in [-0.4, -0.2) is 6.47 Å². The predicted molar refractivity (Wildman–Crippen MR) is 49.7 cm³/mol. The maximum Gasteiger partial charge on any atom is 0.293 e. The van der Waals surface area contributed by atoms with Crippen LogP contribution in [0.25, 0.3) is 0 Å². The molecule has 0 atom stereocenters. The van der Waals surface area contributed by atoms with Crippen molar-refractivity contribution in [3.8, 4) is 0 Å². The molecule has 1 radical (unpaired) electrons. The first-order chi connectivity index (χ1) is 5.33. The van der Waals surface area contributed by atoms with Crippen molar-refractivity contribution >= 4 is 29.1 Å². The average Bonchev–Trinajstić information content (AvgIpc) is 2.04. The van der Waals surface area contributed by atoms with Crippen molar-refractivity contribution in [1.82, 2.24) is 0 Å². The molecule has 57 valence electrons. The topological polar surface area (TPSA) is 26.3 Å². The van der Waals surface area contributed by atoms with E-state index in [4.69, 9.17) is 0 Å². The highest BCUT2D eigenvalue weighted by molar-refractivity contribution is 14.1. The van der Waals surface area contributed by atoms with Crippen LogP contribution in [0.2, 0.25) is 0 Å². The summed E-state index contributed by atoms with van der Waals surface area (Å²) in [5, 5.41) is 0. The second kappa shape index (κ2) is 4.33. The molecular weight excluding hydrogens is 255 g/mol. The van der Waals surface area contributed by atoms with Gasteiger partial charge in [0, 0.05) is 3.57 Å². The molecule has 0 bridgehead atoms. The van der Waals surface area contributed by atoms with Crippen LogP contribution < -0.4 is 0 Å². The standard InChI is InChI=1S/C8H6IO2/c9-8-3-1-7(2-4-8)5-11-6-10/h1-6H. The molecule has 11 heavy (non-hydrogen) atoms. The van der Waals surface area contributed by atoms with Gasteiger partial charge in [0.25, 0.3) is 6.47 Å². The summed E-state index contributed by atoms with van der Waals surface area (Å²) in [5.74, 6) is 0. The molecule has 1 aromatic rings. The number of ether oxygens (including phenoxy) is 1. The van der Waals surface area contributed by atoms with E-state index in [-0.39, 0.29) is 0 Å². The zero-order chi connectivity index (χ0) is 8.10. The maximum atomic E-state index is 9.79. The number of hydrogen-bond acceptors (Lipinski definition) is 2. The van der Waals surface area contributed by atoms with E-state index in [1.807, 2.05) is 24.3 Å². The summed E-state index contributed by atoms with van der Waals surface area (Å²) < 4.78 is 5.61. The Labute approximate surface area is 78.7 Å². The fourth-order valence-electron chi connectivity index (χ4n) is 0.648. The highest BCUT2D eigenvalue weighted by Gasteiger charge is 1.92. The van der Waals surface area contributed by atoms with Crippen molar-refractivity contribution in [2.45, 2.75) is 0 Å². The molecule has 0 aliphatic carbocycles. The summed E-state index contributed by atoms with van der Waals surface area (Å²) in [6, 6.07) is 7.65. The second-order valence-corrected chi connectivity index (χ2v) is 3.15. The van der Waals surface area contributed by atoms with Crippen molar-refractivity contribution in [3.05, 3.63) is 40.0 Å². The molecule has 1 aromatic carbocycles. The molecule has 0 fully saturated rings. The third-order valence-corrected chi connectivity index (χ3v) is 1.85. The van der Waals surface area contributed by atoms with Crippen LogP contribution in [0.1, 0.15) is 5.56 Å². The van der Waals surface area contributed by atoms with Gasteiger partial charge in [0.2, 0.25) is 0 Å². The smallest absolute Gasteiger partial charge is 0.293 e. The van der Waals surface area contributed by atoms with E-state index in [2.05, 4.69) is 27.3 Å². The molecule has 2 nitrogen and oxygen atoms in total.